The SMILES string of the molecule is C=C1OB(c2cncc(OC(CF)CF)c2)OC1=C. The molecular weight excluding hydrogens is 255 g/mol. The topological polar surface area (TPSA) is 40.6 Å². The number of nitrogens with zero attached hydrogens (tertiary/aromatic N) is 1. The second-order valence-electron chi connectivity index (χ2n) is 3.92. The monoisotopic (exact) mass is 267 g/mol. The zero-order valence-electron chi connectivity index (χ0n) is 10.1. The highest BCUT2D eigenvalue weighted by atomic mass is 19.1. The van der Waals surface area contributed by atoms with Gasteiger partial charge in [0.05, 0.1) is 6.20 Å². The number of alkyl halides is 2. The Balaban J connectivity index is 2.11. The van der Waals surface area contributed by atoms with Crippen molar-refractivity contribution in [3.8, 4) is 5.75 Å². The maximum absolute atomic E-state index is 12.4. The number of halogens is 2. The van der Waals surface area contributed by atoms with Crippen LogP contribution in [0, 0.1) is 0 Å². The Morgan fingerprint density at radius 1 is 1.21 bits per heavy atom. The summed E-state index contributed by atoms with van der Waals surface area (Å²) in [6, 6.07) is 1.54. The molecule has 0 aliphatic carbocycles. The van der Waals surface area contributed by atoms with Crippen LogP contribution in [0.4, 0.5) is 8.78 Å². The minimum Gasteiger partial charge on any atom is -0.520 e. The second kappa shape index (κ2) is 5.73. The van der Waals surface area contributed by atoms with Crippen molar-refractivity contribution in [3.05, 3.63) is 43.1 Å². The highest BCUT2D eigenvalue weighted by Crippen LogP contribution is 2.21. The molecule has 0 spiro atoms. The summed E-state index contributed by atoms with van der Waals surface area (Å²) in [5, 5.41) is 0. The maximum Gasteiger partial charge on any atom is 0.634 e. The minimum atomic E-state index is -1.13. The van der Waals surface area contributed by atoms with Gasteiger partial charge in [-0.1, -0.05) is 13.2 Å². The number of pyridine rings is 1. The summed E-state index contributed by atoms with van der Waals surface area (Å²) in [7, 11) is -0.717. The summed E-state index contributed by atoms with van der Waals surface area (Å²) in [4.78, 5) is 3.91. The summed E-state index contributed by atoms with van der Waals surface area (Å²) in [6.45, 7) is 5.40. The first-order valence-corrected chi connectivity index (χ1v) is 5.59. The summed E-state index contributed by atoms with van der Waals surface area (Å²) < 4.78 is 40.5. The van der Waals surface area contributed by atoms with Gasteiger partial charge in [-0.05, 0) is 6.07 Å². The van der Waals surface area contributed by atoms with E-state index >= 15 is 0 Å². The van der Waals surface area contributed by atoms with Crippen molar-refractivity contribution in [2.45, 2.75) is 6.10 Å². The number of hydrogen-bond acceptors (Lipinski definition) is 4. The molecular formula is C12H12BF2NO3. The van der Waals surface area contributed by atoms with Gasteiger partial charge in [-0.25, -0.2) is 8.78 Å². The first-order valence-electron chi connectivity index (χ1n) is 5.59. The molecule has 1 saturated heterocycles. The van der Waals surface area contributed by atoms with Gasteiger partial charge in [0.1, 0.15) is 30.6 Å². The smallest absolute Gasteiger partial charge is 0.520 e. The van der Waals surface area contributed by atoms with Gasteiger partial charge in [0, 0.05) is 11.7 Å². The molecule has 1 aliphatic heterocycles. The summed E-state index contributed by atoms with van der Waals surface area (Å²) in [6.07, 6.45) is 1.73. The fraction of sp³-hybridized carbons (Fsp3) is 0.250. The molecule has 0 saturated carbocycles. The lowest BCUT2D eigenvalue weighted by Crippen LogP contribution is -2.32. The molecule has 2 heterocycles. The highest BCUT2D eigenvalue weighted by molar-refractivity contribution is 6.62. The summed E-state index contributed by atoms with van der Waals surface area (Å²) in [5.41, 5.74) is 0.550. The van der Waals surface area contributed by atoms with E-state index in [-0.39, 0.29) is 5.75 Å². The highest BCUT2D eigenvalue weighted by Gasteiger charge is 2.35. The normalized spacial score (nSPS) is 14.6. The summed E-state index contributed by atoms with van der Waals surface area (Å²) in [5.74, 6) is 0.913. The van der Waals surface area contributed by atoms with Crippen LogP contribution in [0.1, 0.15) is 0 Å². The fourth-order valence-electron chi connectivity index (χ4n) is 1.48. The molecule has 0 N–H and O–H groups in total. The van der Waals surface area contributed by atoms with E-state index in [1.807, 2.05) is 0 Å². The van der Waals surface area contributed by atoms with Crippen molar-refractivity contribution >= 4 is 12.6 Å². The fourth-order valence-corrected chi connectivity index (χ4v) is 1.48. The summed E-state index contributed by atoms with van der Waals surface area (Å²) >= 11 is 0. The van der Waals surface area contributed by atoms with Gasteiger partial charge in [0.2, 0.25) is 0 Å². The van der Waals surface area contributed by atoms with Gasteiger partial charge >= 0.3 is 7.12 Å². The lowest BCUT2D eigenvalue weighted by Gasteiger charge is -2.13. The van der Waals surface area contributed by atoms with Crippen LogP contribution < -0.4 is 10.2 Å². The van der Waals surface area contributed by atoms with E-state index < -0.39 is 26.6 Å². The van der Waals surface area contributed by atoms with Crippen molar-refractivity contribution in [1.82, 2.24) is 4.98 Å². The zero-order chi connectivity index (χ0) is 13.8. The average molecular weight is 267 g/mol. The Morgan fingerprint density at radius 3 is 2.42 bits per heavy atom. The molecule has 100 valence electrons. The van der Waals surface area contributed by atoms with Crippen LogP contribution in [-0.2, 0) is 9.31 Å². The molecule has 1 aromatic heterocycles. The molecule has 1 aromatic rings. The Hall–Kier alpha value is -2.05. The van der Waals surface area contributed by atoms with E-state index in [0.717, 1.165) is 0 Å². The largest absolute Gasteiger partial charge is 0.634 e. The first kappa shape index (κ1) is 13.4. The quantitative estimate of drug-likeness (QED) is 0.759. The molecule has 1 aliphatic rings. The van der Waals surface area contributed by atoms with Crippen molar-refractivity contribution < 1.29 is 22.8 Å². The van der Waals surface area contributed by atoms with Crippen molar-refractivity contribution in [2.24, 2.45) is 0 Å². The van der Waals surface area contributed by atoms with Crippen molar-refractivity contribution in [2.75, 3.05) is 13.3 Å². The third-order valence-corrected chi connectivity index (χ3v) is 2.46. The Bertz CT molecular complexity index is 478. The average Bonchev–Trinajstić information content (AvgIpc) is 2.76. The van der Waals surface area contributed by atoms with E-state index in [1.54, 1.807) is 6.07 Å². The number of rotatable bonds is 5. The van der Waals surface area contributed by atoms with Gasteiger partial charge in [-0.2, -0.15) is 0 Å². The lowest BCUT2D eigenvalue weighted by molar-refractivity contribution is 0.133. The molecule has 0 bridgehead atoms. The van der Waals surface area contributed by atoms with Crippen LogP contribution >= 0.6 is 0 Å². The Morgan fingerprint density at radius 2 is 1.84 bits per heavy atom. The van der Waals surface area contributed by atoms with Crippen LogP contribution in [0.3, 0.4) is 0 Å². The van der Waals surface area contributed by atoms with E-state index in [1.165, 1.54) is 12.4 Å². The van der Waals surface area contributed by atoms with Crippen LogP contribution in [-0.4, -0.2) is 31.6 Å². The van der Waals surface area contributed by atoms with Gasteiger partial charge in [-0.3, -0.25) is 4.98 Å². The van der Waals surface area contributed by atoms with E-state index in [0.29, 0.717) is 17.0 Å². The molecule has 1 fully saturated rings. The molecule has 4 nitrogen and oxygen atoms in total. The molecule has 0 atom stereocenters. The van der Waals surface area contributed by atoms with Gasteiger partial charge in [-0.15, -0.1) is 0 Å². The van der Waals surface area contributed by atoms with Crippen LogP contribution in [0.15, 0.2) is 43.1 Å². The Labute approximate surface area is 109 Å². The number of ether oxygens (including phenoxy) is 1. The van der Waals surface area contributed by atoms with Gasteiger partial charge < -0.3 is 14.0 Å². The van der Waals surface area contributed by atoms with Crippen LogP contribution in [0.2, 0.25) is 0 Å². The molecule has 0 aromatic carbocycles. The predicted molar refractivity (Wildman–Crippen MR) is 66.4 cm³/mol. The molecule has 0 amide bonds. The van der Waals surface area contributed by atoms with Crippen LogP contribution in [0.5, 0.6) is 5.75 Å². The van der Waals surface area contributed by atoms with Crippen molar-refractivity contribution in [3.63, 3.8) is 0 Å². The van der Waals surface area contributed by atoms with Gasteiger partial charge in [0.15, 0.2) is 6.10 Å². The second-order valence-corrected chi connectivity index (χ2v) is 3.92. The Kier molecular flexibility index (Phi) is 4.04. The minimum absolute atomic E-state index is 0.244. The number of aromatic nitrogens is 1. The zero-order valence-corrected chi connectivity index (χ0v) is 10.1. The molecule has 0 unspecified atom stereocenters. The first-order chi connectivity index (χ1) is 9.13. The third-order valence-electron chi connectivity index (χ3n) is 2.46. The molecule has 7 heteroatoms. The standard InChI is InChI=1S/C12H12BF2NO3/c1-8-9(2)19-13(18-8)10-3-11(7-16-6-10)17-12(4-14)5-15/h3,6-7,12H,1-2,4-5H2. The van der Waals surface area contributed by atoms with E-state index in [9.17, 15) is 8.78 Å². The third kappa shape index (κ3) is 3.04. The van der Waals surface area contributed by atoms with Crippen LogP contribution in [0.25, 0.3) is 0 Å². The molecule has 19 heavy (non-hydrogen) atoms. The van der Waals surface area contributed by atoms with E-state index in [2.05, 4.69) is 18.1 Å². The lowest BCUT2D eigenvalue weighted by atomic mass is 9.81. The predicted octanol–water partition coefficient (Wildman–Crippen LogP) is 1.54. The van der Waals surface area contributed by atoms with Gasteiger partial charge in [0.25, 0.3) is 0 Å². The molecule has 0 radical (unpaired) electrons. The molecule has 2 rings (SSSR count). The van der Waals surface area contributed by atoms with E-state index in [4.69, 9.17) is 14.0 Å². The maximum atomic E-state index is 12.4. The van der Waals surface area contributed by atoms with Crippen molar-refractivity contribution in [1.29, 1.82) is 0 Å². The number of hydrogen-bond donors (Lipinski definition) is 0.